The quantitative estimate of drug-likeness (QED) is 0.629. The van der Waals surface area contributed by atoms with Crippen molar-refractivity contribution in [3.63, 3.8) is 0 Å². The zero-order valence-corrected chi connectivity index (χ0v) is 16.3. The van der Waals surface area contributed by atoms with Gasteiger partial charge >= 0.3 is 0 Å². The van der Waals surface area contributed by atoms with Crippen molar-refractivity contribution in [3.8, 4) is 0 Å². The molecule has 0 bridgehead atoms. The van der Waals surface area contributed by atoms with Crippen LogP contribution in [0.2, 0.25) is 0 Å². The van der Waals surface area contributed by atoms with Gasteiger partial charge in [-0.25, -0.2) is 0 Å². The van der Waals surface area contributed by atoms with Crippen LogP contribution in [0.4, 0.5) is 5.69 Å². The summed E-state index contributed by atoms with van der Waals surface area (Å²) in [7, 11) is 3.84. The molecule has 3 atom stereocenters. The Labute approximate surface area is 161 Å². The minimum Gasteiger partial charge on any atom is -0.367 e. The van der Waals surface area contributed by atoms with Gasteiger partial charge in [-0.2, -0.15) is 5.10 Å². The Balaban J connectivity index is 1.27. The van der Waals surface area contributed by atoms with E-state index in [9.17, 15) is 0 Å². The Morgan fingerprint density at radius 3 is 2.85 bits per heavy atom. The predicted molar refractivity (Wildman–Crippen MR) is 110 cm³/mol. The average Bonchev–Trinajstić information content (AvgIpc) is 3.26. The summed E-state index contributed by atoms with van der Waals surface area (Å²) in [6.45, 7) is 2.09. The van der Waals surface area contributed by atoms with Crippen LogP contribution >= 0.6 is 0 Å². The molecule has 1 saturated carbocycles. The Morgan fingerprint density at radius 2 is 2.11 bits per heavy atom. The maximum atomic E-state index is 4.47. The Kier molecular flexibility index (Phi) is 5.32. The molecule has 2 fully saturated rings. The molecule has 1 saturated heterocycles. The third-order valence-electron chi connectivity index (χ3n) is 5.63. The number of piperidine rings is 1. The number of aliphatic imine (C=N–C) groups is 1. The molecule has 2 heterocycles. The topological polar surface area (TPSA) is 57.5 Å². The molecule has 2 aliphatic rings. The van der Waals surface area contributed by atoms with Gasteiger partial charge in [0.2, 0.25) is 0 Å². The van der Waals surface area contributed by atoms with E-state index in [1.807, 2.05) is 25.0 Å². The van der Waals surface area contributed by atoms with Crippen molar-refractivity contribution >= 4 is 11.6 Å². The van der Waals surface area contributed by atoms with E-state index < -0.39 is 0 Å². The van der Waals surface area contributed by atoms with Gasteiger partial charge in [0, 0.05) is 45.5 Å². The minimum atomic E-state index is 0.413. The first-order chi connectivity index (χ1) is 13.2. The Bertz CT molecular complexity index is 768. The highest BCUT2D eigenvalue weighted by molar-refractivity contribution is 5.80. The van der Waals surface area contributed by atoms with E-state index in [4.69, 9.17) is 0 Å². The fourth-order valence-corrected chi connectivity index (χ4v) is 4.01. The van der Waals surface area contributed by atoms with E-state index in [0.717, 1.165) is 25.5 Å². The SMILES string of the molecule is CN=C(NC1CCCN(c2cnn(C)c2)C1)NC1CC1Cc1ccccc1. The van der Waals surface area contributed by atoms with Gasteiger partial charge < -0.3 is 15.5 Å². The van der Waals surface area contributed by atoms with Crippen LogP contribution in [-0.4, -0.2) is 48.0 Å². The molecule has 27 heavy (non-hydrogen) atoms. The summed E-state index contributed by atoms with van der Waals surface area (Å²) in [6.07, 6.45) is 8.77. The number of benzene rings is 1. The van der Waals surface area contributed by atoms with Crippen molar-refractivity contribution in [1.82, 2.24) is 20.4 Å². The average molecular weight is 367 g/mol. The lowest BCUT2D eigenvalue weighted by Crippen LogP contribution is -2.51. The second-order valence-electron chi connectivity index (χ2n) is 7.81. The van der Waals surface area contributed by atoms with E-state index in [2.05, 4.69) is 62.2 Å². The molecule has 144 valence electrons. The Hall–Kier alpha value is -2.50. The number of hydrogen-bond donors (Lipinski definition) is 2. The largest absolute Gasteiger partial charge is 0.367 e. The number of aryl methyl sites for hydroxylation is 1. The van der Waals surface area contributed by atoms with Gasteiger partial charge in [-0.3, -0.25) is 9.67 Å². The highest BCUT2D eigenvalue weighted by Crippen LogP contribution is 2.33. The van der Waals surface area contributed by atoms with Gasteiger partial charge in [0.25, 0.3) is 0 Å². The minimum absolute atomic E-state index is 0.413. The zero-order chi connectivity index (χ0) is 18.6. The summed E-state index contributed by atoms with van der Waals surface area (Å²) in [5.74, 6) is 1.65. The summed E-state index contributed by atoms with van der Waals surface area (Å²) in [6, 6.07) is 11.7. The maximum Gasteiger partial charge on any atom is 0.191 e. The molecule has 0 radical (unpaired) electrons. The molecule has 2 aromatic rings. The number of anilines is 1. The van der Waals surface area contributed by atoms with Crippen LogP contribution in [0.25, 0.3) is 0 Å². The fraction of sp³-hybridized carbons (Fsp3) is 0.524. The van der Waals surface area contributed by atoms with Crippen LogP contribution in [0.15, 0.2) is 47.7 Å². The first-order valence-corrected chi connectivity index (χ1v) is 9.98. The van der Waals surface area contributed by atoms with Crippen LogP contribution in [0.5, 0.6) is 0 Å². The van der Waals surface area contributed by atoms with Crippen LogP contribution < -0.4 is 15.5 Å². The third-order valence-corrected chi connectivity index (χ3v) is 5.63. The summed E-state index contributed by atoms with van der Waals surface area (Å²) < 4.78 is 1.87. The van der Waals surface area contributed by atoms with Gasteiger partial charge in [0.1, 0.15) is 0 Å². The molecule has 1 aliphatic heterocycles. The van der Waals surface area contributed by atoms with Crippen LogP contribution in [0.3, 0.4) is 0 Å². The summed E-state index contributed by atoms with van der Waals surface area (Å²) in [4.78, 5) is 6.88. The first kappa shape index (κ1) is 17.9. The van der Waals surface area contributed by atoms with Crippen LogP contribution in [0.1, 0.15) is 24.8 Å². The van der Waals surface area contributed by atoms with Crippen molar-refractivity contribution in [2.75, 3.05) is 25.0 Å². The molecule has 0 spiro atoms. The number of rotatable bonds is 5. The van der Waals surface area contributed by atoms with Crippen LogP contribution in [0, 0.1) is 5.92 Å². The van der Waals surface area contributed by atoms with E-state index in [1.54, 1.807) is 0 Å². The molecule has 1 aromatic carbocycles. The van der Waals surface area contributed by atoms with Crippen molar-refractivity contribution < 1.29 is 0 Å². The lowest BCUT2D eigenvalue weighted by molar-refractivity contribution is 0.467. The predicted octanol–water partition coefficient (Wildman–Crippen LogP) is 2.19. The van der Waals surface area contributed by atoms with E-state index in [-0.39, 0.29) is 0 Å². The van der Waals surface area contributed by atoms with Gasteiger partial charge in [-0.15, -0.1) is 0 Å². The summed E-state index contributed by atoms with van der Waals surface area (Å²) in [5.41, 5.74) is 2.63. The lowest BCUT2D eigenvalue weighted by Gasteiger charge is -2.34. The van der Waals surface area contributed by atoms with Gasteiger partial charge in [-0.1, -0.05) is 30.3 Å². The number of aromatic nitrogens is 2. The smallest absolute Gasteiger partial charge is 0.191 e. The number of hydrogen-bond acceptors (Lipinski definition) is 3. The second-order valence-corrected chi connectivity index (χ2v) is 7.81. The van der Waals surface area contributed by atoms with Crippen molar-refractivity contribution in [2.45, 2.75) is 37.8 Å². The normalized spacial score (nSPS) is 25.3. The third kappa shape index (κ3) is 4.62. The second kappa shape index (κ2) is 8.03. The summed E-state index contributed by atoms with van der Waals surface area (Å²) in [5, 5.41) is 11.6. The molecule has 3 unspecified atom stereocenters. The molecule has 1 aliphatic carbocycles. The molecule has 4 rings (SSSR count). The van der Waals surface area contributed by atoms with Crippen molar-refractivity contribution in [3.05, 3.63) is 48.3 Å². The number of nitrogens with zero attached hydrogens (tertiary/aromatic N) is 4. The van der Waals surface area contributed by atoms with E-state index >= 15 is 0 Å². The Morgan fingerprint density at radius 1 is 1.26 bits per heavy atom. The summed E-state index contributed by atoms with van der Waals surface area (Å²) >= 11 is 0. The van der Waals surface area contributed by atoms with Gasteiger partial charge in [-0.05, 0) is 37.2 Å². The molecular weight excluding hydrogens is 336 g/mol. The first-order valence-electron chi connectivity index (χ1n) is 9.98. The molecule has 6 nitrogen and oxygen atoms in total. The van der Waals surface area contributed by atoms with Gasteiger partial charge in [0.15, 0.2) is 5.96 Å². The maximum absolute atomic E-state index is 4.47. The highest BCUT2D eigenvalue weighted by Gasteiger charge is 2.37. The zero-order valence-electron chi connectivity index (χ0n) is 16.3. The monoisotopic (exact) mass is 366 g/mol. The van der Waals surface area contributed by atoms with Crippen molar-refractivity contribution in [1.29, 1.82) is 0 Å². The molecule has 0 amide bonds. The number of nitrogens with one attached hydrogen (secondary N) is 2. The van der Waals surface area contributed by atoms with E-state index in [0.29, 0.717) is 18.0 Å². The molecular formula is C21H30N6. The van der Waals surface area contributed by atoms with E-state index in [1.165, 1.54) is 30.5 Å². The van der Waals surface area contributed by atoms with Gasteiger partial charge in [0.05, 0.1) is 11.9 Å². The molecule has 2 N–H and O–H groups in total. The lowest BCUT2D eigenvalue weighted by atomic mass is 10.1. The van der Waals surface area contributed by atoms with Crippen molar-refractivity contribution in [2.24, 2.45) is 18.0 Å². The molecule has 6 heteroatoms. The fourth-order valence-electron chi connectivity index (χ4n) is 4.01. The van der Waals surface area contributed by atoms with Crippen LogP contribution in [-0.2, 0) is 13.5 Å². The highest BCUT2D eigenvalue weighted by atomic mass is 15.3. The number of guanidine groups is 1. The molecule has 1 aromatic heterocycles. The standard InChI is InChI=1S/C21H30N6/c1-22-21(25-20-12-17(20)11-16-7-4-3-5-8-16)24-18-9-6-10-27(14-18)19-13-23-26(2)15-19/h3-5,7-8,13,15,17-18,20H,6,9-12,14H2,1-2H3,(H2,22,24,25).